The van der Waals surface area contributed by atoms with Crippen molar-refractivity contribution < 1.29 is 19.4 Å². The summed E-state index contributed by atoms with van der Waals surface area (Å²) in [6.07, 6.45) is 2.37. The number of ether oxygens (including phenoxy) is 1. The zero-order valence-corrected chi connectivity index (χ0v) is 17.0. The molecule has 2 heterocycles. The van der Waals surface area contributed by atoms with Gasteiger partial charge < -0.3 is 14.7 Å². The molecule has 6 nitrogen and oxygen atoms in total. The molecule has 1 N–H and O–H groups in total. The van der Waals surface area contributed by atoms with Crippen molar-refractivity contribution in [2.45, 2.75) is 25.9 Å². The molecule has 1 atom stereocenters. The van der Waals surface area contributed by atoms with E-state index in [1.165, 1.54) is 11.0 Å². The maximum absolute atomic E-state index is 12.9. The quantitative estimate of drug-likeness (QED) is 0.746. The van der Waals surface area contributed by atoms with Crippen LogP contribution in [-0.2, 0) is 9.59 Å². The summed E-state index contributed by atoms with van der Waals surface area (Å²) in [5, 5.41) is 10.8. The van der Waals surface area contributed by atoms with Crippen LogP contribution in [0.4, 0.5) is 5.69 Å². The van der Waals surface area contributed by atoms with Crippen LogP contribution in [-0.4, -0.2) is 41.5 Å². The molecular formula is C24H26N2O4. The molecule has 0 aromatic heterocycles. The van der Waals surface area contributed by atoms with Crippen molar-refractivity contribution in [3.63, 3.8) is 0 Å². The monoisotopic (exact) mass is 406 g/mol. The van der Waals surface area contributed by atoms with Gasteiger partial charge in [-0.05, 0) is 55.5 Å². The fourth-order valence-electron chi connectivity index (χ4n) is 4.16. The number of hydrogen-bond acceptors (Lipinski definition) is 5. The highest BCUT2D eigenvalue weighted by Gasteiger charge is 2.37. The molecule has 2 aliphatic rings. The molecule has 1 fully saturated rings. The zero-order chi connectivity index (χ0) is 21.1. The molecule has 0 saturated carbocycles. The van der Waals surface area contributed by atoms with Crippen molar-refractivity contribution in [1.29, 1.82) is 0 Å². The van der Waals surface area contributed by atoms with Crippen LogP contribution < -0.4 is 9.64 Å². The number of nitrogens with zero attached hydrogens (tertiary/aromatic N) is 2. The fraction of sp³-hybridized carbons (Fsp3) is 0.333. The molecule has 0 spiro atoms. The largest absolute Gasteiger partial charge is 0.494 e. The van der Waals surface area contributed by atoms with E-state index in [2.05, 4.69) is 0 Å². The van der Waals surface area contributed by atoms with Crippen molar-refractivity contribution in [3.05, 3.63) is 71.9 Å². The van der Waals surface area contributed by atoms with Crippen LogP contribution in [0.1, 0.15) is 31.4 Å². The van der Waals surface area contributed by atoms with E-state index in [0.717, 1.165) is 24.2 Å². The summed E-state index contributed by atoms with van der Waals surface area (Å²) in [4.78, 5) is 28.5. The Morgan fingerprint density at radius 2 is 1.70 bits per heavy atom. The number of amides is 2. The van der Waals surface area contributed by atoms with E-state index in [4.69, 9.17) is 4.74 Å². The summed E-state index contributed by atoms with van der Waals surface area (Å²) in [6, 6.07) is 16.5. The highest BCUT2D eigenvalue weighted by atomic mass is 16.5. The predicted octanol–water partition coefficient (Wildman–Crippen LogP) is 3.29. The van der Waals surface area contributed by atoms with E-state index in [1.807, 2.05) is 54.3 Å². The van der Waals surface area contributed by atoms with Crippen molar-refractivity contribution in [1.82, 2.24) is 4.90 Å². The zero-order valence-electron chi connectivity index (χ0n) is 17.0. The van der Waals surface area contributed by atoms with Crippen LogP contribution >= 0.6 is 0 Å². The number of hydrogen-bond donors (Lipinski definition) is 1. The van der Waals surface area contributed by atoms with Crippen LogP contribution in [0.3, 0.4) is 0 Å². The first-order valence-electron chi connectivity index (χ1n) is 10.4. The number of para-hydroxylation sites is 1. The van der Waals surface area contributed by atoms with Gasteiger partial charge in [-0.1, -0.05) is 30.3 Å². The summed E-state index contributed by atoms with van der Waals surface area (Å²) in [5.41, 5.74) is 1.90. The second-order valence-corrected chi connectivity index (χ2v) is 7.62. The molecule has 0 radical (unpaired) electrons. The van der Waals surface area contributed by atoms with E-state index >= 15 is 0 Å². The van der Waals surface area contributed by atoms with Crippen molar-refractivity contribution >= 4 is 17.5 Å². The van der Waals surface area contributed by atoms with Crippen LogP contribution in [0.25, 0.3) is 0 Å². The van der Waals surface area contributed by atoms with E-state index in [-0.39, 0.29) is 17.7 Å². The molecule has 156 valence electrons. The number of aliphatic hydroxyl groups is 1. The number of likely N-dealkylation sites (tertiary alicyclic amines) is 1. The van der Waals surface area contributed by atoms with Gasteiger partial charge in [0, 0.05) is 19.2 Å². The Bertz CT molecular complexity index is 931. The summed E-state index contributed by atoms with van der Waals surface area (Å²) < 4.78 is 5.46. The Kier molecular flexibility index (Phi) is 5.86. The topological polar surface area (TPSA) is 70.1 Å². The highest BCUT2D eigenvalue weighted by Crippen LogP contribution is 2.34. The van der Waals surface area contributed by atoms with Crippen molar-refractivity contribution in [2.24, 2.45) is 5.92 Å². The fourth-order valence-corrected chi connectivity index (χ4v) is 4.16. The molecule has 2 aliphatic heterocycles. The van der Waals surface area contributed by atoms with Gasteiger partial charge in [0.2, 0.25) is 0 Å². The van der Waals surface area contributed by atoms with Gasteiger partial charge in [-0.15, -0.1) is 0 Å². The normalized spacial score (nSPS) is 18.5. The highest BCUT2D eigenvalue weighted by molar-refractivity contribution is 6.30. The van der Waals surface area contributed by atoms with E-state index in [0.29, 0.717) is 31.1 Å². The third-order valence-electron chi connectivity index (χ3n) is 5.78. The number of rotatable bonds is 6. The lowest BCUT2D eigenvalue weighted by atomic mass is 9.87. The molecule has 1 unspecified atom stereocenters. The number of benzene rings is 2. The molecule has 0 bridgehead atoms. The Balaban J connectivity index is 1.38. The minimum Gasteiger partial charge on any atom is -0.494 e. The van der Waals surface area contributed by atoms with E-state index in [9.17, 15) is 14.7 Å². The van der Waals surface area contributed by atoms with Gasteiger partial charge in [0.15, 0.2) is 0 Å². The average molecular weight is 406 g/mol. The van der Waals surface area contributed by atoms with Crippen LogP contribution in [0, 0.1) is 5.92 Å². The van der Waals surface area contributed by atoms with Gasteiger partial charge in [-0.2, -0.15) is 0 Å². The first-order chi connectivity index (χ1) is 14.6. The van der Waals surface area contributed by atoms with Crippen LogP contribution in [0.2, 0.25) is 0 Å². The second kappa shape index (κ2) is 8.71. The lowest BCUT2D eigenvalue weighted by Crippen LogP contribution is -2.39. The third kappa shape index (κ3) is 3.96. The number of imide groups is 1. The molecule has 4 rings (SSSR count). The number of carbonyl (C=O) groups excluding carboxylic acids is 2. The molecule has 1 saturated heterocycles. The Morgan fingerprint density at radius 1 is 1.03 bits per heavy atom. The van der Waals surface area contributed by atoms with Crippen molar-refractivity contribution in [2.75, 3.05) is 24.6 Å². The number of carbonyl (C=O) groups is 2. The average Bonchev–Trinajstić information content (AvgIpc) is 3.08. The Labute approximate surface area is 176 Å². The standard InChI is InChI=1S/C24H26N2O4/c1-2-30-20-10-8-17(9-11-20)23(28)18-12-14-25(15-13-18)21-16-22(27)26(24(21)29)19-6-4-3-5-7-19/h3-11,16,18,23,28H,2,12-15H2,1H3. The van der Waals surface area contributed by atoms with Crippen LogP contribution in [0.5, 0.6) is 5.75 Å². The number of piperidine rings is 1. The van der Waals surface area contributed by atoms with Gasteiger partial charge in [0.05, 0.1) is 18.4 Å². The Hall–Kier alpha value is -3.12. The molecule has 30 heavy (non-hydrogen) atoms. The van der Waals surface area contributed by atoms with E-state index in [1.54, 1.807) is 12.1 Å². The molecule has 2 amide bonds. The third-order valence-corrected chi connectivity index (χ3v) is 5.78. The molecule has 2 aromatic rings. The minimum atomic E-state index is -0.557. The minimum absolute atomic E-state index is 0.109. The lowest BCUT2D eigenvalue weighted by molar-refractivity contribution is -0.121. The molecule has 2 aromatic carbocycles. The summed E-state index contributed by atoms with van der Waals surface area (Å²) in [6.45, 7) is 3.81. The number of anilines is 1. The van der Waals surface area contributed by atoms with E-state index < -0.39 is 6.10 Å². The van der Waals surface area contributed by atoms with Crippen LogP contribution in [0.15, 0.2) is 66.4 Å². The maximum Gasteiger partial charge on any atom is 0.281 e. The van der Waals surface area contributed by atoms with Gasteiger partial charge in [-0.25, -0.2) is 4.90 Å². The van der Waals surface area contributed by atoms with Gasteiger partial charge in [-0.3, -0.25) is 9.59 Å². The van der Waals surface area contributed by atoms with Gasteiger partial charge in [0.25, 0.3) is 11.8 Å². The lowest BCUT2D eigenvalue weighted by Gasteiger charge is -2.35. The Morgan fingerprint density at radius 3 is 2.33 bits per heavy atom. The molecule has 6 heteroatoms. The number of aliphatic hydroxyl groups excluding tert-OH is 1. The van der Waals surface area contributed by atoms with Crippen molar-refractivity contribution in [3.8, 4) is 5.75 Å². The van der Waals surface area contributed by atoms with Gasteiger partial charge in [0.1, 0.15) is 11.4 Å². The summed E-state index contributed by atoms with van der Waals surface area (Å²) in [5.74, 6) is 0.314. The first kappa shape index (κ1) is 20.2. The van der Waals surface area contributed by atoms with Gasteiger partial charge >= 0.3 is 0 Å². The summed E-state index contributed by atoms with van der Waals surface area (Å²) >= 11 is 0. The maximum atomic E-state index is 12.9. The second-order valence-electron chi connectivity index (χ2n) is 7.62. The SMILES string of the molecule is CCOc1ccc(C(O)C2CCN(C3=CC(=O)N(c4ccccc4)C3=O)CC2)cc1. The first-order valence-corrected chi connectivity index (χ1v) is 10.4. The molecular weight excluding hydrogens is 380 g/mol. The smallest absolute Gasteiger partial charge is 0.281 e. The summed E-state index contributed by atoms with van der Waals surface area (Å²) in [7, 11) is 0. The molecule has 0 aliphatic carbocycles. The predicted molar refractivity (Wildman–Crippen MR) is 114 cm³/mol.